The fourth-order valence-electron chi connectivity index (χ4n) is 5.42. The van der Waals surface area contributed by atoms with Crippen molar-refractivity contribution in [2.24, 2.45) is 0 Å². The number of rotatable bonds is 9. The van der Waals surface area contributed by atoms with Crippen LogP contribution in [0.2, 0.25) is 0 Å². The van der Waals surface area contributed by atoms with Crippen molar-refractivity contribution in [3.63, 3.8) is 0 Å². The van der Waals surface area contributed by atoms with Gasteiger partial charge in [0.1, 0.15) is 29.1 Å². The first-order valence-electron chi connectivity index (χ1n) is 14.0. The molecule has 0 spiro atoms. The van der Waals surface area contributed by atoms with Gasteiger partial charge in [0.25, 0.3) is 5.91 Å². The Balaban J connectivity index is 1.32. The van der Waals surface area contributed by atoms with Gasteiger partial charge in [-0.2, -0.15) is 0 Å². The predicted molar refractivity (Wildman–Crippen MR) is 162 cm³/mol. The number of piperidine rings is 1. The molecule has 1 fully saturated rings. The van der Waals surface area contributed by atoms with E-state index in [-0.39, 0.29) is 17.4 Å². The van der Waals surface area contributed by atoms with Crippen LogP contribution in [0.5, 0.6) is 17.2 Å². The van der Waals surface area contributed by atoms with Crippen molar-refractivity contribution in [1.29, 1.82) is 0 Å². The molecule has 7 heteroatoms. The van der Waals surface area contributed by atoms with Crippen LogP contribution in [0.15, 0.2) is 84.7 Å². The Bertz CT molecular complexity index is 1460. The Morgan fingerprint density at radius 3 is 2.44 bits per heavy atom. The molecule has 41 heavy (non-hydrogen) atoms. The zero-order valence-electron chi connectivity index (χ0n) is 24.2. The summed E-state index contributed by atoms with van der Waals surface area (Å²) in [5, 5.41) is 6.40. The van der Waals surface area contributed by atoms with Crippen molar-refractivity contribution >= 4 is 11.6 Å². The van der Waals surface area contributed by atoms with Gasteiger partial charge in [0.15, 0.2) is 0 Å². The first-order chi connectivity index (χ1) is 19.9. The number of hydrogen-bond donors (Lipinski definition) is 2. The van der Waals surface area contributed by atoms with E-state index in [0.29, 0.717) is 17.0 Å². The molecule has 0 aromatic heterocycles. The third-order valence-corrected chi connectivity index (χ3v) is 7.85. The van der Waals surface area contributed by atoms with Gasteiger partial charge in [0, 0.05) is 33.9 Å². The maximum Gasteiger partial charge on any atom is 0.255 e. The van der Waals surface area contributed by atoms with Gasteiger partial charge < -0.3 is 29.6 Å². The summed E-state index contributed by atoms with van der Waals surface area (Å²) >= 11 is 0. The summed E-state index contributed by atoms with van der Waals surface area (Å²) in [4.78, 5) is 13.3. The monoisotopic (exact) mass is 554 g/mol. The SMILES string of the molecule is COc1cccc(-c2cc(C(=O)Nc3ccc(C4(C)C=CC(OC5CCNCC5)=CC4)c(OC)c3)ccc2OC)c1. The summed E-state index contributed by atoms with van der Waals surface area (Å²) in [5.74, 6) is 2.84. The Labute approximate surface area is 242 Å². The molecular formula is C34H38N2O5. The number of carbonyl (C=O) groups excluding carboxylic acids is 1. The molecule has 5 rings (SSSR count). The minimum absolute atomic E-state index is 0.224. The average molecular weight is 555 g/mol. The van der Waals surface area contributed by atoms with E-state index in [1.54, 1.807) is 33.5 Å². The van der Waals surface area contributed by atoms with Crippen LogP contribution in [0.3, 0.4) is 0 Å². The average Bonchev–Trinajstić information content (AvgIpc) is 3.02. The van der Waals surface area contributed by atoms with Gasteiger partial charge in [-0.15, -0.1) is 0 Å². The molecule has 3 aromatic carbocycles. The highest BCUT2D eigenvalue weighted by atomic mass is 16.5. The highest BCUT2D eigenvalue weighted by Crippen LogP contribution is 2.40. The number of hydrogen-bond acceptors (Lipinski definition) is 6. The Hall–Kier alpha value is -4.23. The van der Waals surface area contributed by atoms with Crippen LogP contribution in [-0.4, -0.2) is 46.4 Å². The van der Waals surface area contributed by atoms with E-state index in [9.17, 15) is 4.79 Å². The number of anilines is 1. The van der Waals surface area contributed by atoms with E-state index in [4.69, 9.17) is 18.9 Å². The minimum Gasteiger partial charge on any atom is -0.497 e. The van der Waals surface area contributed by atoms with E-state index >= 15 is 0 Å². The molecule has 1 saturated heterocycles. The summed E-state index contributed by atoms with van der Waals surface area (Å²) in [6.45, 7) is 4.19. The maximum absolute atomic E-state index is 13.3. The van der Waals surface area contributed by atoms with Crippen molar-refractivity contribution < 1.29 is 23.7 Å². The molecule has 1 amide bonds. The van der Waals surface area contributed by atoms with Crippen LogP contribution in [-0.2, 0) is 10.2 Å². The second kappa shape index (κ2) is 12.5. The predicted octanol–water partition coefficient (Wildman–Crippen LogP) is 6.50. The quantitative estimate of drug-likeness (QED) is 0.314. The summed E-state index contributed by atoms with van der Waals surface area (Å²) in [6, 6.07) is 18.9. The van der Waals surface area contributed by atoms with E-state index in [1.165, 1.54) is 0 Å². The number of methoxy groups -OCH3 is 3. The van der Waals surface area contributed by atoms with Crippen molar-refractivity contribution in [2.45, 2.75) is 37.7 Å². The molecule has 214 valence electrons. The van der Waals surface area contributed by atoms with Crippen molar-refractivity contribution in [1.82, 2.24) is 5.32 Å². The molecule has 1 atom stereocenters. The van der Waals surface area contributed by atoms with Crippen LogP contribution >= 0.6 is 0 Å². The Morgan fingerprint density at radius 1 is 0.927 bits per heavy atom. The third-order valence-electron chi connectivity index (χ3n) is 7.85. The molecule has 1 unspecified atom stereocenters. The van der Waals surface area contributed by atoms with E-state index in [2.05, 4.69) is 35.8 Å². The lowest BCUT2D eigenvalue weighted by Gasteiger charge is -2.32. The Morgan fingerprint density at radius 2 is 1.73 bits per heavy atom. The lowest BCUT2D eigenvalue weighted by molar-refractivity contribution is 0.0941. The lowest BCUT2D eigenvalue weighted by atomic mass is 9.76. The topological polar surface area (TPSA) is 78.1 Å². The minimum atomic E-state index is -0.253. The smallest absolute Gasteiger partial charge is 0.255 e. The highest BCUT2D eigenvalue weighted by Gasteiger charge is 2.29. The van der Waals surface area contributed by atoms with E-state index < -0.39 is 0 Å². The molecule has 0 bridgehead atoms. The van der Waals surface area contributed by atoms with Gasteiger partial charge in [-0.05, 0) is 86.5 Å². The number of nitrogens with one attached hydrogen (secondary N) is 2. The summed E-state index contributed by atoms with van der Waals surface area (Å²) in [7, 11) is 4.90. The summed E-state index contributed by atoms with van der Waals surface area (Å²) in [5.41, 5.74) is 3.67. The largest absolute Gasteiger partial charge is 0.497 e. The fourth-order valence-corrected chi connectivity index (χ4v) is 5.42. The maximum atomic E-state index is 13.3. The number of allylic oxidation sites excluding steroid dienone is 3. The first kappa shape index (κ1) is 28.3. The van der Waals surface area contributed by atoms with Gasteiger partial charge in [0.05, 0.1) is 21.3 Å². The molecule has 0 radical (unpaired) electrons. The lowest BCUT2D eigenvalue weighted by Crippen LogP contribution is -2.32. The summed E-state index contributed by atoms with van der Waals surface area (Å²) < 4.78 is 23.0. The van der Waals surface area contributed by atoms with Gasteiger partial charge in [-0.3, -0.25) is 4.79 Å². The second-order valence-electron chi connectivity index (χ2n) is 10.6. The number of benzene rings is 3. The Kier molecular flexibility index (Phi) is 8.64. The van der Waals surface area contributed by atoms with Crippen LogP contribution in [0.25, 0.3) is 11.1 Å². The zero-order chi connectivity index (χ0) is 28.8. The standard InChI is InChI=1S/C34H38N2O5/c1-34(16-12-26(13-17-34)41-27-14-18-35-19-15-27)30-10-9-25(22-32(30)40-4)36-33(37)24-8-11-31(39-3)29(21-24)23-6-5-7-28(20-23)38-2/h5-13,16,20-22,27,35H,14-15,17-19H2,1-4H3,(H,36,37). The summed E-state index contributed by atoms with van der Waals surface area (Å²) in [6.07, 6.45) is 9.56. The number of ether oxygens (including phenoxy) is 4. The number of carbonyl (C=O) groups is 1. The van der Waals surface area contributed by atoms with Crippen LogP contribution < -0.4 is 24.8 Å². The zero-order valence-corrected chi connectivity index (χ0v) is 24.2. The molecule has 7 nitrogen and oxygen atoms in total. The fraction of sp³-hybridized carbons (Fsp3) is 0.324. The van der Waals surface area contributed by atoms with Crippen LogP contribution in [0.4, 0.5) is 5.69 Å². The van der Waals surface area contributed by atoms with Crippen LogP contribution in [0.1, 0.15) is 42.1 Å². The molecule has 1 heterocycles. The highest BCUT2D eigenvalue weighted by molar-refractivity contribution is 6.05. The second-order valence-corrected chi connectivity index (χ2v) is 10.6. The van der Waals surface area contributed by atoms with Gasteiger partial charge in [-0.25, -0.2) is 0 Å². The van der Waals surface area contributed by atoms with Crippen molar-refractivity contribution in [3.8, 4) is 28.4 Å². The third kappa shape index (κ3) is 6.41. The molecule has 1 aliphatic heterocycles. The van der Waals surface area contributed by atoms with Gasteiger partial charge in [0.2, 0.25) is 0 Å². The molecule has 1 aliphatic carbocycles. The molecule has 0 saturated carbocycles. The van der Waals surface area contributed by atoms with Crippen LogP contribution in [0, 0.1) is 0 Å². The molecule has 2 N–H and O–H groups in total. The first-order valence-corrected chi connectivity index (χ1v) is 14.0. The molecule has 2 aliphatic rings. The normalized spacial score (nSPS) is 18.8. The number of amides is 1. The van der Waals surface area contributed by atoms with Gasteiger partial charge in [-0.1, -0.05) is 31.2 Å². The van der Waals surface area contributed by atoms with Gasteiger partial charge >= 0.3 is 0 Å². The van der Waals surface area contributed by atoms with Crippen molar-refractivity contribution in [3.05, 3.63) is 95.8 Å². The van der Waals surface area contributed by atoms with E-state index in [0.717, 1.165) is 66.3 Å². The molecular weight excluding hydrogens is 516 g/mol. The van der Waals surface area contributed by atoms with E-state index in [1.807, 2.05) is 48.5 Å². The van der Waals surface area contributed by atoms with Crippen molar-refractivity contribution in [2.75, 3.05) is 39.7 Å². The molecule has 3 aromatic rings.